The maximum absolute atomic E-state index is 2.42. The van der Waals surface area contributed by atoms with Gasteiger partial charge >= 0.3 is 0 Å². The van der Waals surface area contributed by atoms with Gasteiger partial charge in [-0.1, -0.05) is 61.0 Å². The molecule has 0 N–H and O–H groups in total. The lowest BCUT2D eigenvalue weighted by Crippen LogP contribution is -2.19. The summed E-state index contributed by atoms with van der Waals surface area (Å²) in [5, 5.41) is 0. The fraction of sp³-hybridized carbons (Fsp3) is 1.00. The van der Waals surface area contributed by atoms with Gasteiger partial charge in [-0.3, -0.25) is 0 Å². The Morgan fingerprint density at radius 3 is 1.06 bits per heavy atom. The molecule has 0 saturated carbocycles. The predicted octanol–water partition coefficient (Wildman–Crippen LogP) is 5.06. The van der Waals surface area contributed by atoms with Crippen LogP contribution < -0.4 is 0 Å². The Labute approximate surface area is 109 Å². The van der Waals surface area contributed by atoms with Gasteiger partial charge in [0.1, 0.15) is 0 Å². The summed E-state index contributed by atoms with van der Waals surface area (Å²) in [4.78, 5) is 2.36. The molecule has 0 spiro atoms. The van der Waals surface area contributed by atoms with Crippen LogP contribution in [0.1, 0.15) is 67.2 Å². The minimum atomic E-state index is 1.24. The van der Waals surface area contributed by atoms with E-state index in [2.05, 4.69) is 48.9 Å². The fourth-order valence-electron chi connectivity index (χ4n) is 0.875. The quantitative estimate of drug-likeness (QED) is 0.617. The smallest absolute Gasteiger partial charge is 0.00244 e. The Morgan fingerprint density at radius 1 is 0.688 bits per heavy atom. The second-order valence-electron chi connectivity index (χ2n) is 3.30. The van der Waals surface area contributed by atoms with Crippen molar-refractivity contribution in [1.82, 2.24) is 4.90 Å². The van der Waals surface area contributed by atoms with Crippen molar-refractivity contribution >= 4 is 9.24 Å². The van der Waals surface area contributed by atoms with Gasteiger partial charge in [-0.25, -0.2) is 0 Å². The number of unbranched alkanes of at least 4 members (excludes halogenated alkanes) is 1. The molecule has 0 aliphatic rings. The summed E-state index contributed by atoms with van der Waals surface area (Å²) in [6.45, 7) is 17.2. The molecule has 1 unspecified atom stereocenters. The zero-order valence-corrected chi connectivity index (χ0v) is 14.4. The van der Waals surface area contributed by atoms with Gasteiger partial charge in [-0.2, -0.15) is 0 Å². The van der Waals surface area contributed by atoms with E-state index in [9.17, 15) is 0 Å². The molecule has 2 heteroatoms. The minimum absolute atomic E-state index is 1.24. The standard InChI is InChI=1S/C7H17N.C4H10.C2H6.CH5P/c1-4-6-8(3)7-5-2;1-3-4-2;2*1-2/h4-7H2,1-3H3;3-4H2,1-2H3;1-2H3;2H2,1H3. The summed E-state index contributed by atoms with van der Waals surface area (Å²) in [6, 6.07) is 0. The third-order valence-electron chi connectivity index (χ3n) is 1.71. The van der Waals surface area contributed by atoms with Crippen LogP contribution in [-0.4, -0.2) is 31.7 Å². The van der Waals surface area contributed by atoms with Crippen molar-refractivity contribution < 1.29 is 0 Å². The van der Waals surface area contributed by atoms with E-state index in [4.69, 9.17) is 0 Å². The molecule has 0 rings (SSSR count). The summed E-state index contributed by atoms with van der Waals surface area (Å²) in [7, 11) is 4.59. The first-order valence-electron chi connectivity index (χ1n) is 6.99. The van der Waals surface area contributed by atoms with Gasteiger partial charge in [-0.15, -0.1) is 9.24 Å². The van der Waals surface area contributed by atoms with Crippen LogP contribution in [0.4, 0.5) is 0 Å². The zero-order chi connectivity index (χ0) is 13.8. The van der Waals surface area contributed by atoms with Crippen molar-refractivity contribution in [2.75, 3.05) is 26.8 Å². The van der Waals surface area contributed by atoms with Gasteiger partial charge < -0.3 is 4.90 Å². The van der Waals surface area contributed by atoms with E-state index < -0.39 is 0 Å². The van der Waals surface area contributed by atoms with Crippen LogP contribution in [0.25, 0.3) is 0 Å². The third kappa shape index (κ3) is 47.2. The molecule has 0 heterocycles. The molecule has 0 bridgehead atoms. The van der Waals surface area contributed by atoms with E-state index >= 15 is 0 Å². The van der Waals surface area contributed by atoms with Crippen molar-refractivity contribution in [3.8, 4) is 0 Å². The summed E-state index contributed by atoms with van der Waals surface area (Å²) in [5.41, 5.74) is 0. The van der Waals surface area contributed by atoms with Gasteiger partial charge in [0.15, 0.2) is 0 Å². The molecule has 16 heavy (non-hydrogen) atoms. The molecular weight excluding hydrogens is 213 g/mol. The first kappa shape index (κ1) is 25.3. The Bertz CT molecular complexity index is 59.8. The molecule has 1 atom stereocenters. The van der Waals surface area contributed by atoms with Gasteiger partial charge in [-0.05, 0) is 33.0 Å². The SMILES string of the molecule is CC.CCCC.CCCN(C)CCC.CP. The number of hydrogen-bond donors (Lipinski definition) is 0. The van der Waals surface area contributed by atoms with Crippen LogP contribution in [0.5, 0.6) is 0 Å². The van der Waals surface area contributed by atoms with Crippen molar-refractivity contribution in [1.29, 1.82) is 0 Å². The summed E-state index contributed by atoms with van der Waals surface area (Å²) >= 11 is 0. The van der Waals surface area contributed by atoms with Crippen LogP contribution in [-0.2, 0) is 0 Å². The molecule has 1 nitrogen and oxygen atoms in total. The first-order valence-corrected chi connectivity index (χ1v) is 8.14. The minimum Gasteiger partial charge on any atom is -0.306 e. The largest absolute Gasteiger partial charge is 0.306 e. The lowest BCUT2D eigenvalue weighted by Gasteiger charge is -2.12. The molecule has 0 amide bonds. The molecule has 0 aliphatic carbocycles. The van der Waals surface area contributed by atoms with Crippen molar-refractivity contribution in [2.24, 2.45) is 0 Å². The summed E-state index contributed by atoms with van der Waals surface area (Å²) in [5.74, 6) is 0. The molecule has 0 radical (unpaired) electrons. The van der Waals surface area contributed by atoms with E-state index in [-0.39, 0.29) is 0 Å². The Hall–Kier alpha value is 0.390. The third-order valence-corrected chi connectivity index (χ3v) is 1.71. The highest BCUT2D eigenvalue weighted by Crippen LogP contribution is 1.86. The normalized spacial score (nSPS) is 7.88. The van der Waals surface area contributed by atoms with Gasteiger partial charge in [0.05, 0.1) is 0 Å². The van der Waals surface area contributed by atoms with E-state index in [1.165, 1.54) is 38.8 Å². The van der Waals surface area contributed by atoms with E-state index in [1.807, 2.05) is 20.5 Å². The second kappa shape index (κ2) is 36.1. The first-order chi connectivity index (χ1) is 7.72. The van der Waals surface area contributed by atoms with Gasteiger partial charge in [0, 0.05) is 0 Å². The lowest BCUT2D eigenvalue weighted by atomic mass is 10.4. The van der Waals surface area contributed by atoms with E-state index in [0.717, 1.165) is 0 Å². The molecule has 0 saturated heterocycles. The van der Waals surface area contributed by atoms with Crippen LogP contribution >= 0.6 is 9.24 Å². The monoisotopic (exact) mass is 251 g/mol. The zero-order valence-electron chi connectivity index (χ0n) is 13.3. The summed E-state index contributed by atoms with van der Waals surface area (Å²) < 4.78 is 0. The van der Waals surface area contributed by atoms with E-state index in [0.29, 0.717) is 0 Å². The van der Waals surface area contributed by atoms with Gasteiger partial charge in [0.25, 0.3) is 0 Å². The Morgan fingerprint density at radius 2 is 0.938 bits per heavy atom. The topological polar surface area (TPSA) is 3.24 Å². The molecule has 0 fully saturated rings. The molecule has 0 aliphatic heterocycles. The molecule has 0 aromatic rings. The highest BCUT2D eigenvalue weighted by Gasteiger charge is 1.90. The number of nitrogens with zero attached hydrogens (tertiary/aromatic N) is 1. The van der Waals surface area contributed by atoms with Crippen LogP contribution in [0.15, 0.2) is 0 Å². The van der Waals surface area contributed by atoms with Crippen molar-refractivity contribution in [2.45, 2.75) is 67.2 Å². The average Bonchev–Trinajstić information content (AvgIpc) is 2.35. The lowest BCUT2D eigenvalue weighted by molar-refractivity contribution is 0.335. The molecule has 0 aromatic heterocycles. The van der Waals surface area contributed by atoms with Crippen LogP contribution in [0.2, 0.25) is 0 Å². The van der Waals surface area contributed by atoms with Crippen LogP contribution in [0.3, 0.4) is 0 Å². The van der Waals surface area contributed by atoms with Crippen LogP contribution in [0, 0.1) is 0 Å². The summed E-state index contributed by atoms with van der Waals surface area (Å²) in [6.07, 6.45) is 5.19. The maximum atomic E-state index is 2.42. The number of hydrogen-bond acceptors (Lipinski definition) is 1. The van der Waals surface area contributed by atoms with Gasteiger partial charge in [0.2, 0.25) is 0 Å². The van der Waals surface area contributed by atoms with E-state index in [1.54, 1.807) is 0 Å². The fourth-order valence-corrected chi connectivity index (χ4v) is 0.875. The van der Waals surface area contributed by atoms with Crippen molar-refractivity contribution in [3.63, 3.8) is 0 Å². The Balaban J connectivity index is -0.0000000761. The second-order valence-corrected chi connectivity index (χ2v) is 3.30. The maximum Gasteiger partial charge on any atom is -0.00244 e. The number of rotatable bonds is 5. The molecule has 0 aromatic carbocycles. The highest BCUT2D eigenvalue weighted by atomic mass is 31.0. The highest BCUT2D eigenvalue weighted by molar-refractivity contribution is 7.15. The van der Waals surface area contributed by atoms with Crippen molar-refractivity contribution in [3.05, 3.63) is 0 Å². The molecular formula is C14H38NP. The Kier molecular flexibility index (Phi) is 57.1. The predicted molar refractivity (Wildman–Crippen MR) is 85.6 cm³/mol. The average molecular weight is 251 g/mol. The molecule has 104 valence electrons.